The van der Waals surface area contributed by atoms with Gasteiger partial charge >= 0.3 is 0 Å². The van der Waals surface area contributed by atoms with Crippen LogP contribution in [0.15, 0.2) is 0 Å². The Morgan fingerprint density at radius 2 is 1.33 bits per heavy atom. The van der Waals surface area contributed by atoms with Gasteiger partial charge in [0, 0.05) is 12.1 Å². The molecule has 0 heterocycles. The molecule has 3 nitrogen and oxygen atoms in total. The third kappa shape index (κ3) is 5.28. The van der Waals surface area contributed by atoms with Crippen LogP contribution in [0.1, 0.15) is 85.0 Å². The highest BCUT2D eigenvalue weighted by Crippen LogP contribution is 2.30. The molecule has 2 aliphatic rings. The van der Waals surface area contributed by atoms with E-state index < -0.39 is 0 Å². The van der Waals surface area contributed by atoms with Gasteiger partial charge < -0.3 is 9.64 Å². The molecule has 0 aromatic carbocycles. The summed E-state index contributed by atoms with van der Waals surface area (Å²) < 4.78 is 5.76. The molecular formula is C18H33NO2. The van der Waals surface area contributed by atoms with Crippen molar-refractivity contribution < 1.29 is 9.53 Å². The molecule has 0 bridgehead atoms. The first-order valence-electron chi connectivity index (χ1n) is 8.92. The minimum atomic E-state index is -0.236. The SMILES string of the molecule is CC(C)(C)OCC(=O)N(C1CCCCC1)C1CCCCC1. The minimum absolute atomic E-state index is 0.226. The maximum absolute atomic E-state index is 12.8. The van der Waals surface area contributed by atoms with Crippen LogP contribution in [0, 0.1) is 0 Å². The summed E-state index contributed by atoms with van der Waals surface area (Å²) in [6.45, 7) is 6.31. The van der Waals surface area contributed by atoms with E-state index in [2.05, 4.69) is 4.90 Å². The molecule has 0 radical (unpaired) electrons. The van der Waals surface area contributed by atoms with Crippen molar-refractivity contribution in [2.45, 2.75) is 103 Å². The first-order valence-corrected chi connectivity index (χ1v) is 8.92. The largest absolute Gasteiger partial charge is 0.366 e. The van der Waals surface area contributed by atoms with Crippen molar-refractivity contribution in [1.82, 2.24) is 4.90 Å². The Morgan fingerprint density at radius 3 is 1.71 bits per heavy atom. The number of amides is 1. The first-order chi connectivity index (χ1) is 9.97. The second-order valence-electron chi connectivity index (χ2n) is 7.79. The van der Waals surface area contributed by atoms with Crippen LogP contribution in [0.2, 0.25) is 0 Å². The van der Waals surface area contributed by atoms with E-state index in [9.17, 15) is 4.79 Å². The van der Waals surface area contributed by atoms with E-state index in [0.29, 0.717) is 12.1 Å². The van der Waals surface area contributed by atoms with E-state index >= 15 is 0 Å². The topological polar surface area (TPSA) is 29.5 Å². The molecule has 2 aliphatic carbocycles. The van der Waals surface area contributed by atoms with E-state index in [1.807, 2.05) is 20.8 Å². The summed E-state index contributed by atoms with van der Waals surface area (Å²) in [6, 6.07) is 0.941. The van der Waals surface area contributed by atoms with Crippen LogP contribution in [0.3, 0.4) is 0 Å². The zero-order valence-corrected chi connectivity index (χ0v) is 14.2. The molecular weight excluding hydrogens is 262 g/mol. The molecule has 0 N–H and O–H groups in total. The van der Waals surface area contributed by atoms with Crippen molar-refractivity contribution in [3.8, 4) is 0 Å². The highest BCUT2D eigenvalue weighted by molar-refractivity contribution is 5.78. The summed E-state index contributed by atoms with van der Waals surface area (Å²) in [7, 11) is 0. The zero-order chi connectivity index (χ0) is 15.3. The van der Waals surface area contributed by atoms with Crippen LogP contribution < -0.4 is 0 Å². The fourth-order valence-electron chi connectivity index (χ4n) is 3.78. The average Bonchev–Trinajstić information content (AvgIpc) is 2.47. The fourth-order valence-corrected chi connectivity index (χ4v) is 3.78. The lowest BCUT2D eigenvalue weighted by Crippen LogP contribution is -2.50. The second-order valence-corrected chi connectivity index (χ2v) is 7.79. The Labute approximate surface area is 130 Å². The van der Waals surface area contributed by atoms with Gasteiger partial charge in [-0.25, -0.2) is 0 Å². The van der Waals surface area contributed by atoms with Crippen LogP contribution in [0.5, 0.6) is 0 Å². The van der Waals surface area contributed by atoms with Gasteiger partial charge in [0.05, 0.1) is 5.60 Å². The van der Waals surface area contributed by atoms with Crippen LogP contribution in [-0.4, -0.2) is 35.1 Å². The summed E-state index contributed by atoms with van der Waals surface area (Å²) in [4.78, 5) is 15.0. The molecule has 0 aromatic heterocycles. The average molecular weight is 295 g/mol. The number of carbonyl (C=O) groups is 1. The Morgan fingerprint density at radius 1 is 0.905 bits per heavy atom. The summed E-state index contributed by atoms with van der Waals surface area (Å²) in [5.41, 5.74) is -0.236. The van der Waals surface area contributed by atoms with E-state index in [0.717, 1.165) is 0 Å². The monoisotopic (exact) mass is 295 g/mol. The smallest absolute Gasteiger partial charge is 0.249 e. The van der Waals surface area contributed by atoms with Crippen molar-refractivity contribution in [2.24, 2.45) is 0 Å². The molecule has 0 atom stereocenters. The van der Waals surface area contributed by atoms with Gasteiger partial charge in [-0.05, 0) is 46.5 Å². The fraction of sp³-hybridized carbons (Fsp3) is 0.944. The highest BCUT2D eigenvalue weighted by atomic mass is 16.5. The van der Waals surface area contributed by atoms with Gasteiger partial charge in [0.2, 0.25) is 5.91 Å². The first kappa shape index (κ1) is 16.8. The van der Waals surface area contributed by atoms with E-state index in [1.54, 1.807) is 0 Å². The van der Waals surface area contributed by atoms with E-state index in [4.69, 9.17) is 4.74 Å². The highest BCUT2D eigenvalue weighted by Gasteiger charge is 2.32. The standard InChI is InChI=1S/C18H33NO2/c1-18(2,3)21-14-17(20)19(15-10-6-4-7-11-15)16-12-8-5-9-13-16/h15-16H,4-14H2,1-3H3. The maximum Gasteiger partial charge on any atom is 0.249 e. The summed E-state index contributed by atoms with van der Waals surface area (Å²) in [5.74, 6) is 0.226. The lowest BCUT2D eigenvalue weighted by atomic mass is 9.88. The minimum Gasteiger partial charge on any atom is -0.366 e. The van der Waals surface area contributed by atoms with Crippen molar-refractivity contribution in [3.63, 3.8) is 0 Å². The Bertz CT molecular complexity index is 305. The number of nitrogens with zero attached hydrogens (tertiary/aromatic N) is 1. The normalized spacial score (nSPS) is 22.2. The van der Waals surface area contributed by atoms with Crippen molar-refractivity contribution in [2.75, 3.05) is 6.61 Å². The molecule has 0 unspecified atom stereocenters. The van der Waals surface area contributed by atoms with Gasteiger partial charge in [0.25, 0.3) is 0 Å². The maximum atomic E-state index is 12.8. The van der Waals surface area contributed by atoms with Crippen molar-refractivity contribution in [3.05, 3.63) is 0 Å². The lowest BCUT2D eigenvalue weighted by molar-refractivity contribution is -0.147. The number of carbonyl (C=O) groups excluding carboxylic acids is 1. The number of hydrogen-bond donors (Lipinski definition) is 0. The summed E-state index contributed by atoms with van der Waals surface area (Å²) in [6.07, 6.45) is 12.6. The van der Waals surface area contributed by atoms with Gasteiger partial charge in [-0.15, -0.1) is 0 Å². The van der Waals surface area contributed by atoms with Crippen LogP contribution in [-0.2, 0) is 9.53 Å². The summed E-state index contributed by atoms with van der Waals surface area (Å²) in [5, 5.41) is 0. The van der Waals surface area contributed by atoms with E-state index in [1.165, 1.54) is 64.2 Å². The predicted octanol–water partition coefficient (Wildman–Crippen LogP) is 4.30. The molecule has 0 aromatic rings. The predicted molar refractivity (Wildman–Crippen MR) is 86.3 cm³/mol. The van der Waals surface area contributed by atoms with Crippen LogP contribution >= 0.6 is 0 Å². The van der Waals surface area contributed by atoms with E-state index in [-0.39, 0.29) is 18.1 Å². The second kappa shape index (κ2) is 7.62. The van der Waals surface area contributed by atoms with Crippen LogP contribution in [0.25, 0.3) is 0 Å². The third-order valence-electron chi connectivity index (χ3n) is 4.85. The molecule has 122 valence electrons. The van der Waals surface area contributed by atoms with Crippen LogP contribution in [0.4, 0.5) is 0 Å². The molecule has 21 heavy (non-hydrogen) atoms. The van der Waals surface area contributed by atoms with Crippen molar-refractivity contribution in [1.29, 1.82) is 0 Å². The molecule has 0 spiro atoms. The third-order valence-corrected chi connectivity index (χ3v) is 4.85. The summed E-state index contributed by atoms with van der Waals surface area (Å²) >= 11 is 0. The number of ether oxygens (including phenoxy) is 1. The van der Waals surface area contributed by atoms with Gasteiger partial charge in [0.15, 0.2) is 0 Å². The van der Waals surface area contributed by atoms with Gasteiger partial charge in [-0.3, -0.25) is 4.79 Å². The molecule has 0 saturated heterocycles. The molecule has 2 fully saturated rings. The Kier molecular flexibility index (Phi) is 6.09. The molecule has 2 saturated carbocycles. The quantitative estimate of drug-likeness (QED) is 0.774. The van der Waals surface area contributed by atoms with Gasteiger partial charge in [-0.2, -0.15) is 0 Å². The van der Waals surface area contributed by atoms with Gasteiger partial charge in [0.1, 0.15) is 6.61 Å². The molecule has 0 aliphatic heterocycles. The number of rotatable bonds is 4. The Hall–Kier alpha value is -0.570. The molecule has 2 rings (SSSR count). The number of hydrogen-bond acceptors (Lipinski definition) is 2. The Balaban J connectivity index is 2.00. The molecule has 1 amide bonds. The zero-order valence-electron chi connectivity index (χ0n) is 14.2. The molecule has 3 heteroatoms. The van der Waals surface area contributed by atoms with Gasteiger partial charge in [-0.1, -0.05) is 38.5 Å². The van der Waals surface area contributed by atoms with Crippen molar-refractivity contribution >= 4 is 5.91 Å². The lowest BCUT2D eigenvalue weighted by Gasteiger charge is -2.42.